The lowest BCUT2D eigenvalue weighted by molar-refractivity contribution is -0.133. The molecule has 17 heavy (non-hydrogen) atoms. The largest absolute Gasteiger partial charge is 0.394 e. The van der Waals surface area contributed by atoms with E-state index < -0.39 is 24.6 Å². The second-order valence-electron chi connectivity index (χ2n) is 3.75. The van der Waals surface area contributed by atoms with Gasteiger partial charge in [0.05, 0.1) is 13.2 Å². The van der Waals surface area contributed by atoms with Gasteiger partial charge >= 0.3 is 0 Å². The van der Waals surface area contributed by atoms with Crippen molar-refractivity contribution in [3.8, 4) is 0 Å². The summed E-state index contributed by atoms with van der Waals surface area (Å²) in [6.45, 7) is -0.173. The van der Waals surface area contributed by atoms with Gasteiger partial charge in [0.1, 0.15) is 12.2 Å². The molecule has 0 amide bonds. The molecular weight excluding hydrogens is 222 g/mol. The van der Waals surface area contributed by atoms with Crippen molar-refractivity contribution in [1.29, 1.82) is 0 Å². The molecule has 0 aliphatic rings. The van der Waals surface area contributed by atoms with E-state index in [4.69, 9.17) is 10.2 Å². The molecule has 5 heteroatoms. The Balaban J connectivity index is 2.29. The molecule has 0 heterocycles. The summed E-state index contributed by atoms with van der Waals surface area (Å²) < 4.78 is 0. The number of carbonyl (C=O) groups is 1. The van der Waals surface area contributed by atoms with Crippen LogP contribution in [0.1, 0.15) is 5.56 Å². The molecule has 1 aromatic carbocycles. The molecule has 0 radical (unpaired) electrons. The Hall–Kier alpha value is -1.27. The number of Topliss-reactive ketones (excluding diaryl/α,β-unsaturated/α-hetero) is 1. The van der Waals surface area contributed by atoms with Gasteiger partial charge in [-0.1, -0.05) is 30.3 Å². The predicted octanol–water partition coefficient (Wildman–Crippen LogP) is -0.941. The molecule has 0 saturated carbocycles. The van der Waals surface area contributed by atoms with Gasteiger partial charge in [-0.2, -0.15) is 0 Å². The third-order valence-corrected chi connectivity index (χ3v) is 2.35. The first kappa shape index (κ1) is 13.8. The normalized spacial score (nSPS) is 14.3. The third-order valence-electron chi connectivity index (χ3n) is 2.35. The SMILES string of the molecule is O=C(CNCc1ccccc1)[C@H](O)C(O)CO. The first-order chi connectivity index (χ1) is 8.15. The molecule has 94 valence electrons. The average Bonchev–Trinajstić information content (AvgIpc) is 2.38. The molecule has 4 N–H and O–H groups in total. The first-order valence-electron chi connectivity index (χ1n) is 5.39. The summed E-state index contributed by atoms with van der Waals surface area (Å²) in [5, 5.41) is 29.8. The van der Waals surface area contributed by atoms with Crippen molar-refractivity contribution in [2.75, 3.05) is 13.2 Å². The zero-order chi connectivity index (χ0) is 12.7. The van der Waals surface area contributed by atoms with Crippen LogP contribution in [-0.2, 0) is 11.3 Å². The number of aliphatic hydroxyl groups is 3. The number of ketones is 1. The molecule has 2 atom stereocenters. The van der Waals surface area contributed by atoms with Crippen molar-refractivity contribution in [3.63, 3.8) is 0 Å². The Kier molecular flexibility index (Phi) is 5.79. The van der Waals surface area contributed by atoms with Gasteiger partial charge in [0.2, 0.25) is 0 Å². The van der Waals surface area contributed by atoms with Crippen LogP contribution >= 0.6 is 0 Å². The quantitative estimate of drug-likeness (QED) is 0.493. The zero-order valence-corrected chi connectivity index (χ0v) is 9.41. The van der Waals surface area contributed by atoms with E-state index in [0.29, 0.717) is 6.54 Å². The fourth-order valence-corrected chi connectivity index (χ4v) is 1.34. The van der Waals surface area contributed by atoms with Crippen LogP contribution in [0.2, 0.25) is 0 Å². The van der Waals surface area contributed by atoms with Crippen LogP contribution in [0, 0.1) is 0 Å². The van der Waals surface area contributed by atoms with Gasteiger partial charge in [0.25, 0.3) is 0 Å². The fraction of sp³-hybridized carbons (Fsp3) is 0.417. The maximum Gasteiger partial charge on any atom is 0.177 e. The zero-order valence-electron chi connectivity index (χ0n) is 9.41. The molecule has 0 spiro atoms. The molecule has 0 aliphatic carbocycles. The van der Waals surface area contributed by atoms with E-state index in [-0.39, 0.29) is 6.54 Å². The lowest BCUT2D eigenvalue weighted by Crippen LogP contribution is -2.41. The molecule has 1 aromatic rings. The van der Waals surface area contributed by atoms with Crippen LogP contribution in [0.15, 0.2) is 30.3 Å². The van der Waals surface area contributed by atoms with E-state index >= 15 is 0 Å². The summed E-state index contributed by atoms with van der Waals surface area (Å²) in [4.78, 5) is 11.3. The van der Waals surface area contributed by atoms with Crippen molar-refractivity contribution in [2.24, 2.45) is 0 Å². The summed E-state index contributed by atoms with van der Waals surface area (Å²) >= 11 is 0. The van der Waals surface area contributed by atoms with E-state index in [9.17, 15) is 9.90 Å². The van der Waals surface area contributed by atoms with Gasteiger partial charge in [0.15, 0.2) is 5.78 Å². The Morgan fingerprint density at radius 2 is 1.88 bits per heavy atom. The monoisotopic (exact) mass is 239 g/mol. The highest BCUT2D eigenvalue weighted by molar-refractivity contribution is 5.85. The maximum atomic E-state index is 11.3. The molecular formula is C12H17NO4. The fourth-order valence-electron chi connectivity index (χ4n) is 1.34. The number of hydrogen-bond acceptors (Lipinski definition) is 5. The number of aliphatic hydroxyl groups excluding tert-OH is 3. The standard InChI is InChI=1S/C12H17NO4/c14-8-11(16)12(17)10(15)7-13-6-9-4-2-1-3-5-9/h1-5,11-14,16-17H,6-8H2/t11?,12-/m0/s1. The van der Waals surface area contributed by atoms with Crippen molar-refractivity contribution >= 4 is 5.78 Å². The molecule has 5 nitrogen and oxygen atoms in total. The van der Waals surface area contributed by atoms with E-state index in [1.807, 2.05) is 30.3 Å². The highest BCUT2D eigenvalue weighted by Crippen LogP contribution is 1.98. The molecule has 0 bridgehead atoms. The molecule has 0 fully saturated rings. The highest BCUT2D eigenvalue weighted by atomic mass is 16.4. The van der Waals surface area contributed by atoms with Gasteiger partial charge in [0, 0.05) is 6.54 Å². The van der Waals surface area contributed by atoms with Crippen LogP contribution in [0.4, 0.5) is 0 Å². The van der Waals surface area contributed by atoms with Crippen LogP contribution < -0.4 is 5.32 Å². The third kappa shape index (κ3) is 4.62. The minimum Gasteiger partial charge on any atom is -0.394 e. The molecule has 0 aliphatic heterocycles. The van der Waals surface area contributed by atoms with Gasteiger partial charge in [-0.3, -0.25) is 4.79 Å². The van der Waals surface area contributed by atoms with Gasteiger partial charge in [-0.25, -0.2) is 0 Å². The number of hydrogen-bond donors (Lipinski definition) is 4. The number of carbonyl (C=O) groups excluding carboxylic acids is 1. The van der Waals surface area contributed by atoms with Crippen LogP contribution in [-0.4, -0.2) is 46.5 Å². The van der Waals surface area contributed by atoms with Crippen molar-refractivity contribution < 1.29 is 20.1 Å². The summed E-state index contributed by atoms with van der Waals surface area (Å²) in [7, 11) is 0. The predicted molar refractivity (Wildman–Crippen MR) is 62.3 cm³/mol. The van der Waals surface area contributed by atoms with E-state index in [1.54, 1.807) is 0 Å². The summed E-state index contributed by atoms with van der Waals surface area (Å²) in [6, 6.07) is 9.51. The topological polar surface area (TPSA) is 89.8 Å². The van der Waals surface area contributed by atoms with E-state index in [2.05, 4.69) is 5.32 Å². The lowest BCUT2D eigenvalue weighted by atomic mass is 10.1. The smallest absolute Gasteiger partial charge is 0.177 e. The van der Waals surface area contributed by atoms with E-state index in [1.165, 1.54) is 0 Å². The van der Waals surface area contributed by atoms with Gasteiger partial charge < -0.3 is 20.6 Å². The second-order valence-corrected chi connectivity index (χ2v) is 3.75. The average molecular weight is 239 g/mol. The Labute approximate surface area is 99.7 Å². The summed E-state index contributed by atoms with van der Waals surface area (Å²) in [5.74, 6) is -0.539. The molecule has 0 saturated heterocycles. The Bertz CT molecular complexity index is 342. The van der Waals surface area contributed by atoms with Crippen molar-refractivity contribution in [2.45, 2.75) is 18.8 Å². The summed E-state index contributed by atoms with van der Waals surface area (Å²) in [6.07, 6.45) is -2.95. The molecule has 0 aromatic heterocycles. The van der Waals surface area contributed by atoms with Crippen LogP contribution in [0.25, 0.3) is 0 Å². The molecule has 1 rings (SSSR count). The van der Waals surface area contributed by atoms with Gasteiger partial charge in [-0.15, -0.1) is 0 Å². The Morgan fingerprint density at radius 3 is 2.47 bits per heavy atom. The minimum absolute atomic E-state index is 0.0485. The number of benzene rings is 1. The minimum atomic E-state index is -1.54. The maximum absolute atomic E-state index is 11.3. The van der Waals surface area contributed by atoms with Crippen LogP contribution in [0.5, 0.6) is 0 Å². The molecule has 1 unspecified atom stereocenters. The Morgan fingerprint density at radius 1 is 1.24 bits per heavy atom. The van der Waals surface area contributed by atoms with Crippen molar-refractivity contribution in [3.05, 3.63) is 35.9 Å². The number of rotatable bonds is 7. The first-order valence-corrected chi connectivity index (χ1v) is 5.39. The lowest BCUT2D eigenvalue weighted by Gasteiger charge is -2.14. The van der Waals surface area contributed by atoms with Crippen molar-refractivity contribution in [1.82, 2.24) is 5.32 Å². The second kappa shape index (κ2) is 7.13. The highest BCUT2D eigenvalue weighted by Gasteiger charge is 2.22. The van der Waals surface area contributed by atoms with E-state index in [0.717, 1.165) is 5.56 Å². The summed E-state index contributed by atoms with van der Waals surface area (Å²) in [5.41, 5.74) is 1.03. The van der Waals surface area contributed by atoms with Gasteiger partial charge in [-0.05, 0) is 5.56 Å². The van der Waals surface area contributed by atoms with Crippen LogP contribution in [0.3, 0.4) is 0 Å². The number of nitrogens with one attached hydrogen (secondary N) is 1.